The molecule has 5 unspecified atom stereocenters. The van der Waals surface area contributed by atoms with E-state index in [2.05, 4.69) is 6.92 Å². The van der Waals surface area contributed by atoms with Crippen molar-refractivity contribution < 1.29 is 10.2 Å². The molecule has 0 amide bonds. The zero-order chi connectivity index (χ0) is 16.7. The predicted molar refractivity (Wildman–Crippen MR) is 95.2 cm³/mol. The van der Waals surface area contributed by atoms with E-state index < -0.39 is 11.2 Å². The fraction of sp³-hybridized carbons (Fsp3) is 1.00. The summed E-state index contributed by atoms with van der Waals surface area (Å²) in [6.07, 6.45) is 13.7. The van der Waals surface area contributed by atoms with Crippen LogP contribution in [0.15, 0.2) is 0 Å². The van der Waals surface area contributed by atoms with Crippen LogP contribution >= 0.6 is 0 Å². The molecule has 2 nitrogen and oxygen atoms in total. The Hall–Kier alpha value is -0.0800. The lowest BCUT2D eigenvalue weighted by Crippen LogP contribution is -2.53. The first-order chi connectivity index (χ1) is 10.8. The van der Waals surface area contributed by atoms with Gasteiger partial charge in [0.2, 0.25) is 0 Å². The van der Waals surface area contributed by atoms with Crippen molar-refractivity contribution in [3.05, 3.63) is 0 Å². The highest BCUT2D eigenvalue weighted by atomic mass is 16.3. The summed E-state index contributed by atoms with van der Waals surface area (Å²) in [4.78, 5) is 0. The smallest absolute Gasteiger partial charge is 0.0678 e. The van der Waals surface area contributed by atoms with Gasteiger partial charge in [-0.05, 0) is 88.9 Å². The van der Waals surface area contributed by atoms with E-state index in [9.17, 15) is 10.2 Å². The summed E-state index contributed by atoms with van der Waals surface area (Å²) in [6.45, 7) is 6.16. The van der Waals surface area contributed by atoms with Crippen LogP contribution in [0, 0.1) is 29.6 Å². The Labute approximate surface area is 143 Å². The second kappa shape index (κ2) is 6.67. The van der Waals surface area contributed by atoms with Crippen LogP contribution in [-0.2, 0) is 0 Å². The van der Waals surface area contributed by atoms with Gasteiger partial charge in [0.1, 0.15) is 0 Å². The van der Waals surface area contributed by atoms with Crippen molar-refractivity contribution in [2.45, 2.75) is 103 Å². The van der Waals surface area contributed by atoms with Crippen molar-refractivity contribution in [3.8, 4) is 0 Å². The van der Waals surface area contributed by atoms with Crippen molar-refractivity contribution >= 4 is 0 Å². The van der Waals surface area contributed by atoms with Gasteiger partial charge in [-0.2, -0.15) is 0 Å². The Bertz CT molecular complexity index is 389. The number of rotatable bonds is 3. The Balaban J connectivity index is 1.79. The standard InChI is InChI=1S/C21H38O2/c1-20(2,22)18-13-7-12-17-16(18)11-8-14-19(17)21(3,23)15-9-5-4-6-10-15/h15-19,22-23H,4-14H2,1-3H3. The molecule has 0 saturated heterocycles. The minimum Gasteiger partial charge on any atom is -0.390 e. The van der Waals surface area contributed by atoms with Crippen LogP contribution in [0.1, 0.15) is 91.4 Å². The van der Waals surface area contributed by atoms with Crippen LogP contribution in [0.4, 0.5) is 0 Å². The molecule has 0 spiro atoms. The van der Waals surface area contributed by atoms with Gasteiger partial charge >= 0.3 is 0 Å². The van der Waals surface area contributed by atoms with Crippen molar-refractivity contribution in [2.24, 2.45) is 29.6 Å². The van der Waals surface area contributed by atoms with Crippen LogP contribution in [-0.4, -0.2) is 21.4 Å². The molecule has 0 heterocycles. The van der Waals surface area contributed by atoms with Gasteiger partial charge in [-0.25, -0.2) is 0 Å². The van der Waals surface area contributed by atoms with E-state index in [0.29, 0.717) is 29.6 Å². The lowest BCUT2D eigenvalue weighted by atomic mass is 9.53. The van der Waals surface area contributed by atoms with E-state index in [1.165, 1.54) is 70.6 Å². The lowest BCUT2D eigenvalue weighted by Gasteiger charge is -2.54. The van der Waals surface area contributed by atoms with Gasteiger partial charge in [0.05, 0.1) is 11.2 Å². The quantitative estimate of drug-likeness (QED) is 0.774. The van der Waals surface area contributed by atoms with Crippen LogP contribution in [0.5, 0.6) is 0 Å². The minimum atomic E-state index is -0.568. The average Bonchev–Trinajstić information content (AvgIpc) is 2.53. The highest BCUT2D eigenvalue weighted by molar-refractivity contribution is 5.01. The minimum absolute atomic E-state index is 0.422. The van der Waals surface area contributed by atoms with E-state index in [-0.39, 0.29) is 0 Å². The molecular weight excluding hydrogens is 284 g/mol. The third-order valence-corrected chi connectivity index (χ3v) is 7.78. The van der Waals surface area contributed by atoms with Crippen LogP contribution in [0.2, 0.25) is 0 Å². The molecule has 3 aliphatic rings. The maximum absolute atomic E-state index is 11.5. The largest absolute Gasteiger partial charge is 0.390 e. The van der Waals surface area contributed by atoms with Gasteiger partial charge in [0.25, 0.3) is 0 Å². The highest BCUT2D eigenvalue weighted by Crippen LogP contribution is 2.54. The van der Waals surface area contributed by atoms with Gasteiger partial charge in [0.15, 0.2) is 0 Å². The van der Waals surface area contributed by atoms with Crippen LogP contribution in [0.25, 0.3) is 0 Å². The van der Waals surface area contributed by atoms with Gasteiger partial charge in [-0.3, -0.25) is 0 Å². The number of aliphatic hydroxyl groups is 2. The van der Waals surface area contributed by atoms with E-state index in [1.807, 2.05) is 13.8 Å². The molecule has 3 fully saturated rings. The monoisotopic (exact) mass is 322 g/mol. The second-order valence-electron chi connectivity index (χ2n) is 9.62. The zero-order valence-electron chi connectivity index (χ0n) is 15.6. The summed E-state index contributed by atoms with van der Waals surface area (Å²) in [6, 6.07) is 0. The van der Waals surface area contributed by atoms with E-state index >= 15 is 0 Å². The summed E-state index contributed by atoms with van der Waals surface area (Å²) in [5.74, 6) is 2.63. The maximum atomic E-state index is 11.5. The molecule has 0 radical (unpaired) electrons. The highest BCUT2D eigenvalue weighted by Gasteiger charge is 2.51. The molecule has 0 aliphatic heterocycles. The summed E-state index contributed by atoms with van der Waals surface area (Å²) in [5, 5.41) is 22.2. The molecule has 3 aliphatic carbocycles. The molecule has 3 saturated carbocycles. The topological polar surface area (TPSA) is 40.5 Å². The van der Waals surface area contributed by atoms with Crippen molar-refractivity contribution in [1.82, 2.24) is 0 Å². The summed E-state index contributed by atoms with van der Waals surface area (Å²) in [5.41, 5.74) is -1.06. The molecule has 134 valence electrons. The van der Waals surface area contributed by atoms with E-state index in [4.69, 9.17) is 0 Å². The van der Waals surface area contributed by atoms with Gasteiger partial charge in [0, 0.05) is 0 Å². The summed E-state index contributed by atoms with van der Waals surface area (Å²) in [7, 11) is 0. The average molecular weight is 323 g/mol. The molecule has 0 aromatic heterocycles. The first-order valence-electron chi connectivity index (χ1n) is 10.3. The third-order valence-electron chi connectivity index (χ3n) is 7.78. The van der Waals surface area contributed by atoms with Gasteiger partial charge in [-0.1, -0.05) is 32.1 Å². The molecule has 5 atom stereocenters. The Morgan fingerprint density at radius 2 is 1.13 bits per heavy atom. The van der Waals surface area contributed by atoms with Crippen LogP contribution in [0.3, 0.4) is 0 Å². The molecule has 2 N–H and O–H groups in total. The molecule has 23 heavy (non-hydrogen) atoms. The normalized spacial score (nSPS) is 39.5. The molecule has 3 rings (SSSR count). The van der Waals surface area contributed by atoms with E-state index in [1.54, 1.807) is 0 Å². The number of fused-ring (bicyclic) bond motifs is 1. The lowest BCUT2D eigenvalue weighted by molar-refractivity contribution is -0.138. The molecule has 2 heteroatoms. The van der Waals surface area contributed by atoms with Crippen LogP contribution < -0.4 is 0 Å². The Morgan fingerprint density at radius 1 is 0.609 bits per heavy atom. The first-order valence-corrected chi connectivity index (χ1v) is 10.3. The SMILES string of the molecule is CC(C)(O)C1CCCC2C1CCCC2C(C)(O)C1CCCCC1. The van der Waals surface area contributed by atoms with Crippen molar-refractivity contribution in [1.29, 1.82) is 0 Å². The number of hydrogen-bond donors (Lipinski definition) is 2. The zero-order valence-corrected chi connectivity index (χ0v) is 15.6. The molecule has 0 aromatic rings. The maximum Gasteiger partial charge on any atom is 0.0678 e. The third kappa shape index (κ3) is 3.49. The van der Waals surface area contributed by atoms with Gasteiger partial charge in [-0.15, -0.1) is 0 Å². The van der Waals surface area contributed by atoms with Crippen molar-refractivity contribution in [3.63, 3.8) is 0 Å². The molecule has 0 bridgehead atoms. The Morgan fingerprint density at radius 3 is 1.70 bits per heavy atom. The van der Waals surface area contributed by atoms with E-state index in [0.717, 1.165) is 0 Å². The summed E-state index contributed by atoms with van der Waals surface area (Å²) < 4.78 is 0. The Kier molecular flexibility index (Phi) is 5.14. The first kappa shape index (κ1) is 17.7. The van der Waals surface area contributed by atoms with Gasteiger partial charge < -0.3 is 10.2 Å². The van der Waals surface area contributed by atoms with Crippen molar-refractivity contribution in [2.75, 3.05) is 0 Å². The molecule has 0 aromatic carbocycles. The number of hydrogen-bond acceptors (Lipinski definition) is 2. The fourth-order valence-corrected chi connectivity index (χ4v) is 6.59. The summed E-state index contributed by atoms with van der Waals surface area (Å²) >= 11 is 0. The molecular formula is C21H38O2. The second-order valence-corrected chi connectivity index (χ2v) is 9.62. The fourth-order valence-electron chi connectivity index (χ4n) is 6.59. The predicted octanol–water partition coefficient (Wildman–Crippen LogP) is 4.92.